The van der Waals surface area contributed by atoms with Gasteiger partial charge in [-0.2, -0.15) is 0 Å². The molecule has 1 heterocycles. The third kappa shape index (κ3) is 3.55. The Labute approximate surface area is 84.6 Å². The second kappa shape index (κ2) is 4.97. The van der Waals surface area contributed by atoms with Crippen LogP contribution in [0.5, 0.6) is 0 Å². The van der Waals surface area contributed by atoms with Crippen molar-refractivity contribution in [2.45, 2.75) is 6.92 Å². The highest BCUT2D eigenvalue weighted by molar-refractivity contribution is 9.10. The maximum Gasteiger partial charge on any atom is 0.128 e. The van der Waals surface area contributed by atoms with Crippen LogP contribution in [-0.2, 0) is 4.74 Å². The van der Waals surface area contributed by atoms with Gasteiger partial charge in [0.1, 0.15) is 10.4 Å². The molecule has 0 radical (unpaired) electrons. The molecule has 70 valence electrons. The first-order chi connectivity index (χ1) is 6.22. The smallest absolute Gasteiger partial charge is 0.128 e. The van der Waals surface area contributed by atoms with Gasteiger partial charge in [-0.15, -0.1) is 0 Å². The molecule has 0 atom stereocenters. The molecule has 0 aliphatic rings. The van der Waals surface area contributed by atoms with Crippen LogP contribution < -0.4 is 0 Å². The van der Waals surface area contributed by atoms with E-state index in [2.05, 4.69) is 20.9 Å². The zero-order valence-electron chi connectivity index (χ0n) is 7.13. The van der Waals surface area contributed by atoms with Crippen molar-refractivity contribution in [1.29, 1.82) is 0 Å². The van der Waals surface area contributed by atoms with Crippen LogP contribution in [0.15, 0.2) is 23.0 Å². The molecule has 0 saturated carbocycles. The highest BCUT2D eigenvalue weighted by Gasteiger charge is 1.96. The first-order valence-electron chi connectivity index (χ1n) is 3.83. The number of hydrogen-bond donors (Lipinski definition) is 0. The first kappa shape index (κ1) is 10.2. The third-order valence-corrected chi connectivity index (χ3v) is 1.69. The van der Waals surface area contributed by atoms with Crippen LogP contribution in [-0.4, -0.2) is 11.6 Å². The maximum atomic E-state index is 12.8. The van der Waals surface area contributed by atoms with E-state index in [-0.39, 0.29) is 5.82 Å². The van der Waals surface area contributed by atoms with Crippen LogP contribution in [0.4, 0.5) is 4.39 Å². The summed E-state index contributed by atoms with van der Waals surface area (Å²) in [5, 5.41) is 0. The van der Waals surface area contributed by atoms with Gasteiger partial charge in [0.15, 0.2) is 0 Å². The lowest BCUT2D eigenvalue weighted by Crippen LogP contribution is -1.85. The fourth-order valence-electron chi connectivity index (χ4n) is 0.784. The number of rotatable bonds is 3. The van der Waals surface area contributed by atoms with Crippen molar-refractivity contribution in [3.05, 3.63) is 34.5 Å². The molecular weight excluding hydrogens is 237 g/mol. The fourth-order valence-corrected chi connectivity index (χ4v) is 1.21. The summed E-state index contributed by atoms with van der Waals surface area (Å²) < 4.78 is 18.2. The summed E-state index contributed by atoms with van der Waals surface area (Å²) >= 11 is 3.10. The third-order valence-electron chi connectivity index (χ3n) is 1.28. The summed E-state index contributed by atoms with van der Waals surface area (Å²) in [5.74, 6) is -0.321. The van der Waals surface area contributed by atoms with Crippen molar-refractivity contribution in [3.63, 3.8) is 0 Å². The van der Waals surface area contributed by atoms with Crippen LogP contribution in [0.2, 0.25) is 0 Å². The minimum absolute atomic E-state index is 0.321. The van der Waals surface area contributed by atoms with Gasteiger partial charge < -0.3 is 4.74 Å². The number of hydrogen-bond acceptors (Lipinski definition) is 2. The van der Waals surface area contributed by atoms with Crippen LogP contribution in [0.1, 0.15) is 12.6 Å². The molecule has 1 rings (SSSR count). The second-order valence-electron chi connectivity index (χ2n) is 2.29. The van der Waals surface area contributed by atoms with Gasteiger partial charge >= 0.3 is 0 Å². The molecule has 0 aliphatic carbocycles. The lowest BCUT2D eigenvalue weighted by molar-refractivity contribution is 0.272. The Morgan fingerprint density at radius 2 is 2.38 bits per heavy atom. The van der Waals surface area contributed by atoms with E-state index in [1.165, 1.54) is 18.4 Å². The molecule has 0 N–H and O–H groups in total. The molecule has 0 spiro atoms. The Hall–Kier alpha value is -0.900. The highest BCUT2D eigenvalue weighted by Crippen LogP contribution is 2.11. The quantitative estimate of drug-likeness (QED) is 0.604. The Morgan fingerprint density at radius 3 is 3.00 bits per heavy atom. The first-order valence-corrected chi connectivity index (χ1v) is 4.63. The Morgan fingerprint density at radius 1 is 1.62 bits per heavy atom. The van der Waals surface area contributed by atoms with Crippen molar-refractivity contribution < 1.29 is 9.13 Å². The summed E-state index contributed by atoms with van der Waals surface area (Å²) in [6, 6.07) is 2.64. The summed E-state index contributed by atoms with van der Waals surface area (Å²) in [4.78, 5) is 4.02. The molecule has 4 heteroatoms. The molecular formula is C9H9BrFNO. The number of pyridine rings is 1. The zero-order chi connectivity index (χ0) is 9.68. The van der Waals surface area contributed by atoms with E-state index in [0.717, 1.165) is 0 Å². The summed E-state index contributed by atoms with van der Waals surface area (Å²) in [6.45, 7) is 2.46. The SMILES string of the molecule is CCO/C=C/c1cc(F)cc(Br)n1. The van der Waals surface area contributed by atoms with E-state index < -0.39 is 0 Å². The average molecular weight is 246 g/mol. The van der Waals surface area contributed by atoms with Crippen molar-refractivity contribution in [2.24, 2.45) is 0 Å². The highest BCUT2D eigenvalue weighted by atomic mass is 79.9. The van der Waals surface area contributed by atoms with Crippen molar-refractivity contribution in [2.75, 3.05) is 6.61 Å². The molecule has 0 bridgehead atoms. The van der Waals surface area contributed by atoms with Crippen LogP contribution in [0.3, 0.4) is 0 Å². The second-order valence-corrected chi connectivity index (χ2v) is 3.10. The fraction of sp³-hybridized carbons (Fsp3) is 0.222. The standard InChI is InChI=1S/C9H9BrFNO/c1-2-13-4-3-8-5-7(11)6-9(10)12-8/h3-6H,2H2,1H3/b4-3+. The largest absolute Gasteiger partial charge is 0.501 e. The van der Waals surface area contributed by atoms with Gasteiger partial charge in [-0.05, 0) is 35.0 Å². The lowest BCUT2D eigenvalue weighted by atomic mass is 10.3. The van der Waals surface area contributed by atoms with Crippen molar-refractivity contribution in [3.8, 4) is 0 Å². The van der Waals surface area contributed by atoms with Gasteiger partial charge in [-0.3, -0.25) is 0 Å². The van der Waals surface area contributed by atoms with Gasteiger partial charge in [0.2, 0.25) is 0 Å². The number of nitrogens with zero attached hydrogens (tertiary/aromatic N) is 1. The van der Waals surface area contributed by atoms with E-state index in [9.17, 15) is 4.39 Å². The Balaban J connectivity index is 2.77. The topological polar surface area (TPSA) is 22.1 Å². The van der Waals surface area contributed by atoms with E-state index in [1.54, 1.807) is 6.08 Å². The van der Waals surface area contributed by atoms with Crippen LogP contribution >= 0.6 is 15.9 Å². The molecule has 1 aromatic heterocycles. The van der Waals surface area contributed by atoms with Crippen LogP contribution in [0.25, 0.3) is 6.08 Å². The van der Waals surface area contributed by atoms with E-state index in [4.69, 9.17) is 4.74 Å². The predicted octanol–water partition coefficient (Wildman–Crippen LogP) is 2.99. The monoisotopic (exact) mass is 245 g/mol. The van der Waals surface area contributed by atoms with E-state index in [0.29, 0.717) is 16.9 Å². The molecule has 0 fully saturated rings. The normalized spacial score (nSPS) is 10.7. The molecule has 13 heavy (non-hydrogen) atoms. The van der Waals surface area contributed by atoms with Gasteiger partial charge in [-0.1, -0.05) is 0 Å². The van der Waals surface area contributed by atoms with Crippen LogP contribution in [0, 0.1) is 5.82 Å². The van der Waals surface area contributed by atoms with Gasteiger partial charge in [0, 0.05) is 6.07 Å². The predicted molar refractivity (Wildman–Crippen MR) is 52.6 cm³/mol. The van der Waals surface area contributed by atoms with E-state index in [1.807, 2.05) is 6.92 Å². The minimum atomic E-state index is -0.321. The summed E-state index contributed by atoms with van der Waals surface area (Å²) in [5.41, 5.74) is 0.528. The minimum Gasteiger partial charge on any atom is -0.501 e. The maximum absolute atomic E-state index is 12.8. The molecule has 0 unspecified atom stereocenters. The Bertz CT molecular complexity index is 294. The average Bonchev–Trinajstić information content (AvgIpc) is 2.03. The molecule has 0 aromatic carbocycles. The number of ether oxygens (including phenoxy) is 1. The molecule has 0 amide bonds. The van der Waals surface area contributed by atoms with Crippen molar-refractivity contribution >= 4 is 22.0 Å². The molecule has 0 aliphatic heterocycles. The summed E-state index contributed by atoms with van der Waals surface area (Å²) in [7, 11) is 0. The molecule has 1 aromatic rings. The van der Waals surface area contributed by atoms with Gasteiger partial charge in [-0.25, -0.2) is 9.37 Å². The van der Waals surface area contributed by atoms with Gasteiger partial charge in [0.05, 0.1) is 18.6 Å². The number of aromatic nitrogens is 1. The summed E-state index contributed by atoms with van der Waals surface area (Å²) in [6.07, 6.45) is 3.10. The van der Waals surface area contributed by atoms with Gasteiger partial charge in [0.25, 0.3) is 0 Å². The number of halogens is 2. The Kier molecular flexibility index (Phi) is 3.89. The molecule has 2 nitrogen and oxygen atoms in total. The molecule has 0 saturated heterocycles. The lowest BCUT2D eigenvalue weighted by Gasteiger charge is -1.96. The zero-order valence-corrected chi connectivity index (χ0v) is 8.71. The van der Waals surface area contributed by atoms with Crippen molar-refractivity contribution in [1.82, 2.24) is 4.98 Å². The van der Waals surface area contributed by atoms with E-state index >= 15 is 0 Å².